The first kappa shape index (κ1) is 30.5. The van der Waals surface area contributed by atoms with Crippen LogP contribution in [-0.4, -0.2) is 55.4 Å². The van der Waals surface area contributed by atoms with Crippen molar-refractivity contribution in [1.29, 1.82) is 5.26 Å². The van der Waals surface area contributed by atoms with E-state index in [0.717, 1.165) is 49.9 Å². The average Bonchev–Trinajstić information content (AvgIpc) is 2.93. The summed E-state index contributed by atoms with van der Waals surface area (Å²) in [4.78, 5) is 4.77. The van der Waals surface area contributed by atoms with Crippen LogP contribution in [0.3, 0.4) is 0 Å². The minimum atomic E-state index is -0.504. The van der Waals surface area contributed by atoms with Crippen LogP contribution in [0.5, 0.6) is 5.75 Å². The van der Waals surface area contributed by atoms with Crippen LogP contribution in [0, 0.1) is 11.3 Å². The van der Waals surface area contributed by atoms with Gasteiger partial charge in [0.25, 0.3) is 0 Å². The lowest BCUT2D eigenvalue weighted by Crippen LogP contribution is -2.47. The number of halogens is 2. The molecule has 0 unspecified atom stereocenters. The minimum Gasteiger partial charge on any atom is -0.491 e. The Labute approximate surface area is 231 Å². The van der Waals surface area contributed by atoms with E-state index in [1.807, 2.05) is 86.6 Å². The topological polar surface area (TPSA) is 59.7 Å². The molecule has 198 valence electrons. The Kier molecular flexibility index (Phi) is 13.9. The van der Waals surface area contributed by atoms with Gasteiger partial charge in [-0.1, -0.05) is 67.4 Å². The summed E-state index contributed by atoms with van der Waals surface area (Å²) in [6, 6.07) is 25.1. The number of ether oxygens (including phenoxy) is 1. The first-order valence-electron chi connectivity index (χ1n) is 12.7. The van der Waals surface area contributed by atoms with Gasteiger partial charge in [-0.25, -0.2) is 0 Å². The average molecular weight is 543 g/mol. The third kappa shape index (κ3) is 11.0. The van der Waals surface area contributed by atoms with Gasteiger partial charge in [-0.15, -0.1) is 0 Å². The molecule has 3 aromatic carbocycles. The molecule has 0 radical (unpaired) electrons. The summed E-state index contributed by atoms with van der Waals surface area (Å²) in [6.07, 6.45) is 0.484. The van der Waals surface area contributed by atoms with Gasteiger partial charge in [-0.05, 0) is 55.3 Å². The molecule has 5 nitrogen and oxygen atoms in total. The van der Waals surface area contributed by atoms with E-state index in [4.69, 9.17) is 33.2 Å². The Hall–Kier alpha value is -2.75. The molecular weight excluding hydrogens is 505 g/mol. The fraction of sp³-hybridized carbons (Fsp3) is 0.367. The number of benzene rings is 3. The first-order valence-corrected chi connectivity index (χ1v) is 13.5. The number of nitriles is 1. The van der Waals surface area contributed by atoms with Crippen LogP contribution >= 0.6 is 23.2 Å². The Bertz CT molecular complexity index is 1080. The van der Waals surface area contributed by atoms with Crippen LogP contribution in [0.2, 0.25) is 10.0 Å². The Morgan fingerprint density at radius 3 is 2.11 bits per heavy atom. The summed E-state index contributed by atoms with van der Waals surface area (Å²) < 4.78 is 5.52. The van der Waals surface area contributed by atoms with Gasteiger partial charge in [0, 0.05) is 43.8 Å². The van der Waals surface area contributed by atoms with Crippen molar-refractivity contribution in [3.05, 3.63) is 94.0 Å². The number of piperazine rings is 1. The van der Waals surface area contributed by atoms with E-state index in [-0.39, 0.29) is 6.61 Å². The molecular formula is C30H37Cl2N3O2. The molecule has 0 spiro atoms. The lowest BCUT2D eigenvalue weighted by Gasteiger charge is -2.36. The second-order valence-corrected chi connectivity index (χ2v) is 9.30. The smallest absolute Gasteiger partial charge is 0.121 e. The number of hydrogen-bond acceptors (Lipinski definition) is 5. The van der Waals surface area contributed by atoms with Crippen molar-refractivity contribution in [3.63, 3.8) is 0 Å². The maximum Gasteiger partial charge on any atom is 0.121 e. The van der Waals surface area contributed by atoms with E-state index in [1.165, 1.54) is 5.56 Å². The van der Waals surface area contributed by atoms with E-state index in [0.29, 0.717) is 16.3 Å². The quantitative estimate of drug-likeness (QED) is 0.360. The van der Waals surface area contributed by atoms with Gasteiger partial charge < -0.3 is 14.7 Å². The van der Waals surface area contributed by atoms with Gasteiger partial charge in [0.15, 0.2) is 0 Å². The van der Waals surface area contributed by atoms with Crippen LogP contribution in [0.25, 0.3) is 0 Å². The molecule has 7 heteroatoms. The van der Waals surface area contributed by atoms with Gasteiger partial charge in [-0.3, -0.25) is 4.90 Å². The van der Waals surface area contributed by atoms with E-state index >= 15 is 0 Å². The maximum atomic E-state index is 9.32. The number of hydrogen-bond donors (Lipinski definition) is 1. The molecule has 1 N–H and O–H groups in total. The highest BCUT2D eigenvalue weighted by atomic mass is 35.5. The monoisotopic (exact) mass is 541 g/mol. The zero-order valence-corrected chi connectivity index (χ0v) is 23.4. The molecule has 37 heavy (non-hydrogen) atoms. The van der Waals surface area contributed by atoms with Crippen molar-refractivity contribution in [3.8, 4) is 11.8 Å². The molecule has 0 aliphatic carbocycles. The summed E-state index contributed by atoms with van der Waals surface area (Å²) in [5.74, 6) is 0.677. The molecule has 1 aliphatic heterocycles. The number of aliphatic hydroxyl groups excluding tert-OH is 1. The van der Waals surface area contributed by atoms with Gasteiger partial charge >= 0.3 is 0 Å². The largest absolute Gasteiger partial charge is 0.491 e. The molecule has 0 bridgehead atoms. The first-order chi connectivity index (χ1) is 17.9. The summed E-state index contributed by atoms with van der Waals surface area (Å²) in [6.45, 7) is 10.8. The molecule has 1 fully saturated rings. The second kappa shape index (κ2) is 16.9. The summed E-state index contributed by atoms with van der Waals surface area (Å²) in [5.41, 5.74) is 2.99. The second-order valence-electron chi connectivity index (χ2n) is 8.46. The van der Waals surface area contributed by atoms with E-state index in [9.17, 15) is 5.11 Å². The molecule has 1 aliphatic rings. The Balaban J connectivity index is 0.000000455. The fourth-order valence-corrected chi connectivity index (χ4v) is 4.15. The van der Waals surface area contributed by atoms with Gasteiger partial charge in [-0.2, -0.15) is 5.26 Å². The van der Waals surface area contributed by atoms with Crippen molar-refractivity contribution >= 4 is 28.9 Å². The van der Waals surface area contributed by atoms with Crippen molar-refractivity contribution in [2.45, 2.75) is 33.3 Å². The van der Waals surface area contributed by atoms with E-state index in [1.54, 1.807) is 6.92 Å². The molecule has 4 rings (SSSR count). The van der Waals surface area contributed by atoms with Crippen LogP contribution in [0.1, 0.15) is 31.9 Å². The van der Waals surface area contributed by atoms with Gasteiger partial charge in [0.2, 0.25) is 0 Å². The number of rotatable bonds is 7. The molecule has 1 atom stereocenters. The van der Waals surface area contributed by atoms with E-state index in [2.05, 4.69) is 15.9 Å². The van der Waals surface area contributed by atoms with Crippen molar-refractivity contribution in [2.24, 2.45) is 0 Å². The highest BCUT2D eigenvalue weighted by molar-refractivity contribution is 6.33. The summed E-state index contributed by atoms with van der Waals surface area (Å²) >= 11 is 12.0. The summed E-state index contributed by atoms with van der Waals surface area (Å²) in [7, 11) is 0. The zero-order valence-electron chi connectivity index (χ0n) is 21.9. The van der Waals surface area contributed by atoms with E-state index < -0.39 is 6.10 Å². The molecule has 0 aromatic heterocycles. The number of anilines is 1. The minimum absolute atomic E-state index is 0.258. The van der Waals surface area contributed by atoms with Crippen LogP contribution in [-0.2, 0) is 6.42 Å². The number of aliphatic hydroxyl groups is 1. The molecule has 0 saturated carbocycles. The highest BCUT2D eigenvalue weighted by Gasteiger charge is 2.19. The third-order valence-electron chi connectivity index (χ3n) is 5.66. The standard InChI is InChI=1S/C22H26ClN3O2.C6H5Cl.C2H6/c1-17(27)16-28-20-6-7-22(21(23)14-20)26-12-10-25(11-13-26)9-8-18-2-4-19(15-24)5-3-18;7-6-4-2-1-3-5-6;1-2/h2-7,14,17,27H,8-13,16H2,1H3;1-5H;1-2H3/t17-;;/m0../s1. The molecule has 1 saturated heterocycles. The third-order valence-corrected chi connectivity index (χ3v) is 6.21. The van der Waals surface area contributed by atoms with Crippen molar-refractivity contribution in [2.75, 3.05) is 44.2 Å². The lowest BCUT2D eigenvalue weighted by molar-refractivity contribution is 0.123. The molecule has 3 aromatic rings. The fourth-order valence-electron chi connectivity index (χ4n) is 3.71. The predicted molar refractivity (Wildman–Crippen MR) is 155 cm³/mol. The van der Waals surface area contributed by atoms with Gasteiger partial charge in [0.1, 0.15) is 12.4 Å². The maximum absolute atomic E-state index is 9.32. The number of nitrogens with zero attached hydrogens (tertiary/aromatic N) is 3. The Morgan fingerprint density at radius 2 is 1.59 bits per heavy atom. The van der Waals surface area contributed by atoms with Crippen LogP contribution in [0.4, 0.5) is 5.69 Å². The van der Waals surface area contributed by atoms with Crippen molar-refractivity contribution < 1.29 is 9.84 Å². The molecule has 1 heterocycles. The molecule has 0 amide bonds. The van der Waals surface area contributed by atoms with Crippen molar-refractivity contribution in [1.82, 2.24) is 4.90 Å². The zero-order chi connectivity index (χ0) is 27.0. The summed E-state index contributed by atoms with van der Waals surface area (Å²) in [5, 5.41) is 19.7. The Morgan fingerprint density at radius 1 is 0.946 bits per heavy atom. The normalized spacial score (nSPS) is 13.8. The highest BCUT2D eigenvalue weighted by Crippen LogP contribution is 2.30. The van der Waals surface area contributed by atoms with Crippen LogP contribution < -0.4 is 9.64 Å². The van der Waals surface area contributed by atoms with Crippen LogP contribution in [0.15, 0.2) is 72.8 Å². The lowest BCUT2D eigenvalue weighted by atomic mass is 10.1. The SMILES string of the molecule is CC.C[C@H](O)COc1ccc(N2CCN(CCc3ccc(C#N)cc3)CC2)c(Cl)c1.Clc1ccccc1. The van der Waals surface area contributed by atoms with Gasteiger partial charge in [0.05, 0.1) is 28.4 Å². The predicted octanol–water partition coefficient (Wildman–Crippen LogP) is 6.70.